The zero-order valence-corrected chi connectivity index (χ0v) is 13.1. The fourth-order valence-electron chi connectivity index (χ4n) is 1.65. The first-order valence-electron chi connectivity index (χ1n) is 6.44. The highest BCUT2D eigenvalue weighted by Crippen LogP contribution is 2.22. The van der Waals surface area contributed by atoms with Gasteiger partial charge in [0, 0.05) is 19.5 Å². The van der Waals surface area contributed by atoms with Gasteiger partial charge in [0.15, 0.2) is 0 Å². The lowest BCUT2D eigenvalue weighted by Gasteiger charge is -2.19. The second-order valence-electron chi connectivity index (χ2n) is 5.58. The summed E-state index contributed by atoms with van der Waals surface area (Å²) in [6.07, 6.45) is 0.524. The fraction of sp³-hybridized carbons (Fsp3) is 0.533. The molecular formula is C15H25ClN2O. The van der Waals surface area contributed by atoms with E-state index in [1.165, 1.54) is 5.56 Å². The lowest BCUT2D eigenvalue weighted by Crippen LogP contribution is -2.26. The maximum Gasteiger partial charge on any atom is 0.221 e. The molecule has 0 heterocycles. The molecule has 1 aromatic carbocycles. The summed E-state index contributed by atoms with van der Waals surface area (Å²) in [5, 5.41) is 5.87. The first-order chi connectivity index (χ1) is 8.43. The molecule has 2 N–H and O–H groups in total. The van der Waals surface area contributed by atoms with E-state index in [2.05, 4.69) is 55.7 Å². The Bertz CT molecular complexity index is 382. The first-order valence-corrected chi connectivity index (χ1v) is 6.44. The topological polar surface area (TPSA) is 41.1 Å². The van der Waals surface area contributed by atoms with Crippen molar-refractivity contribution in [1.29, 1.82) is 0 Å². The van der Waals surface area contributed by atoms with Crippen LogP contribution in [-0.2, 0) is 16.8 Å². The van der Waals surface area contributed by atoms with Crippen LogP contribution in [0.15, 0.2) is 24.3 Å². The normalized spacial score (nSPS) is 10.7. The van der Waals surface area contributed by atoms with Crippen LogP contribution >= 0.6 is 12.4 Å². The average Bonchev–Trinajstić information content (AvgIpc) is 2.33. The van der Waals surface area contributed by atoms with Crippen molar-refractivity contribution >= 4 is 18.3 Å². The van der Waals surface area contributed by atoms with Crippen LogP contribution in [0, 0.1) is 0 Å². The highest BCUT2D eigenvalue weighted by Gasteiger charge is 2.12. The molecule has 0 aliphatic carbocycles. The van der Waals surface area contributed by atoms with Crippen LogP contribution < -0.4 is 10.6 Å². The minimum atomic E-state index is 0. The van der Waals surface area contributed by atoms with Crippen LogP contribution in [0.1, 0.15) is 38.3 Å². The van der Waals surface area contributed by atoms with Crippen LogP contribution in [0.3, 0.4) is 0 Å². The minimum Gasteiger partial charge on any atom is -0.352 e. The van der Waals surface area contributed by atoms with E-state index in [-0.39, 0.29) is 23.7 Å². The van der Waals surface area contributed by atoms with Crippen molar-refractivity contribution in [2.24, 2.45) is 0 Å². The van der Waals surface area contributed by atoms with Gasteiger partial charge in [0.1, 0.15) is 0 Å². The molecule has 1 rings (SSSR count). The smallest absolute Gasteiger partial charge is 0.221 e. The van der Waals surface area contributed by atoms with E-state index < -0.39 is 0 Å². The largest absolute Gasteiger partial charge is 0.352 e. The molecule has 108 valence electrons. The lowest BCUT2D eigenvalue weighted by atomic mass is 9.87. The molecule has 0 atom stereocenters. The number of rotatable bonds is 5. The third-order valence-corrected chi connectivity index (χ3v) is 2.91. The number of nitrogens with one attached hydrogen (secondary N) is 2. The lowest BCUT2D eigenvalue weighted by molar-refractivity contribution is -0.121. The van der Waals surface area contributed by atoms with Crippen molar-refractivity contribution in [3.63, 3.8) is 0 Å². The molecular weight excluding hydrogens is 260 g/mol. The molecule has 0 radical (unpaired) electrons. The Balaban J connectivity index is 0.00000324. The van der Waals surface area contributed by atoms with Crippen LogP contribution in [0.25, 0.3) is 0 Å². The number of carbonyl (C=O) groups excluding carboxylic acids is 1. The standard InChI is InChI=1S/C15H24N2O.ClH/c1-15(2,3)13-7-5-12(6-8-13)11-17-14(18)9-10-16-4;/h5-8,16H,9-11H2,1-4H3,(H,17,18);1H. The van der Waals surface area contributed by atoms with Gasteiger partial charge in [-0.25, -0.2) is 0 Å². The van der Waals surface area contributed by atoms with Gasteiger partial charge >= 0.3 is 0 Å². The Kier molecular flexibility index (Phi) is 7.72. The molecule has 0 aliphatic rings. The van der Waals surface area contributed by atoms with E-state index in [1.54, 1.807) is 0 Å². The maximum atomic E-state index is 11.5. The Morgan fingerprint density at radius 1 is 1.16 bits per heavy atom. The van der Waals surface area contributed by atoms with E-state index in [0.29, 0.717) is 13.0 Å². The van der Waals surface area contributed by atoms with E-state index in [9.17, 15) is 4.79 Å². The Morgan fingerprint density at radius 3 is 2.21 bits per heavy atom. The fourth-order valence-corrected chi connectivity index (χ4v) is 1.65. The van der Waals surface area contributed by atoms with Gasteiger partial charge in [-0.1, -0.05) is 45.0 Å². The second kappa shape index (κ2) is 8.18. The van der Waals surface area contributed by atoms with Gasteiger partial charge < -0.3 is 10.6 Å². The number of amides is 1. The summed E-state index contributed by atoms with van der Waals surface area (Å²) in [5.41, 5.74) is 2.63. The monoisotopic (exact) mass is 284 g/mol. The molecule has 19 heavy (non-hydrogen) atoms. The summed E-state index contributed by atoms with van der Waals surface area (Å²) in [6, 6.07) is 8.43. The Morgan fingerprint density at radius 2 is 1.74 bits per heavy atom. The van der Waals surface area contributed by atoms with E-state index in [0.717, 1.165) is 12.1 Å². The third-order valence-electron chi connectivity index (χ3n) is 2.91. The summed E-state index contributed by atoms with van der Waals surface area (Å²) >= 11 is 0. The summed E-state index contributed by atoms with van der Waals surface area (Å²) in [4.78, 5) is 11.5. The van der Waals surface area contributed by atoms with E-state index in [4.69, 9.17) is 0 Å². The van der Waals surface area contributed by atoms with Gasteiger partial charge in [-0.15, -0.1) is 12.4 Å². The SMILES string of the molecule is CNCCC(=O)NCc1ccc(C(C)(C)C)cc1.Cl. The van der Waals surface area contributed by atoms with Gasteiger partial charge in [0.25, 0.3) is 0 Å². The first kappa shape index (κ1) is 17.9. The minimum absolute atomic E-state index is 0. The van der Waals surface area contributed by atoms with Crippen LogP contribution in [0.5, 0.6) is 0 Å². The van der Waals surface area contributed by atoms with Crippen LogP contribution in [-0.4, -0.2) is 19.5 Å². The number of halogens is 1. The molecule has 1 aromatic rings. The molecule has 0 spiro atoms. The molecule has 0 aliphatic heterocycles. The van der Waals surface area contributed by atoms with Gasteiger partial charge in [-0.05, 0) is 23.6 Å². The highest BCUT2D eigenvalue weighted by molar-refractivity contribution is 5.85. The summed E-state index contributed by atoms with van der Waals surface area (Å²) in [7, 11) is 1.85. The van der Waals surface area contributed by atoms with Crippen molar-refractivity contribution < 1.29 is 4.79 Å². The molecule has 0 unspecified atom stereocenters. The van der Waals surface area contributed by atoms with Gasteiger partial charge in [-0.3, -0.25) is 4.79 Å². The number of hydrogen-bond acceptors (Lipinski definition) is 2. The van der Waals surface area contributed by atoms with Crippen molar-refractivity contribution in [2.75, 3.05) is 13.6 Å². The molecule has 4 heteroatoms. The average molecular weight is 285 g/mol. The van der Waals surface area contributed by atoms with Crippen molar-refractivity contribution in [3.8, 4) is 0 Å². The van der Waals surface area contributed by atoms with Crippen molar-refractivity contribution in [2.45, 2.75) is 39.2 Å². The summed E-state index contributed by atoms with van der Waals surface area (Å²) in [6.45, 7) is 7.91. The van der Waals surface area contributed by atoms with E-state index in [1.807, 2.05) is 7.05 Å². The van der Waals surface area contributed by atoms with Gasteiger partial charge in [-0.2, -0.15) is 0 Å². The summed E-state index contributed by atoms with van der Waals surface area (Å²) < 4.78 is 0. The van der Waals surface area contributed by atoms with Crippen LogP contribution in [0.4, 0.5) is 0 Å². The molecule has 0 saturated carbocycles. The molecule has 0 bridgehead atoms. The quantitative estimate of drug-likeness (QED) is 0.873. The highest BCUT2D eigenvalue weighted by atomic mass is 35.5. The van der Waals surface area contributed by atoms with Gasteiger partial charge in [0.05, 0.1) is 0 Å². The molecule has 0 fully saturated rings. The number of carbonyl (C=O) groups is 1. The molecule has 3 nitrogen and oxygen atoms in total. The third kappa shape index (κ3) is 6.60. The molecule has 0 saturated heterocycles. The van der Waals surface area contributed by atoms with Crippen molar-refractivity contribution in [3.05, 3.63) is 35.4 Å². The Labute approximate surface area is 122 Å². The van der Waals surface area contributed by atoms with Crippen molar-refractivity contribution in [1.82, 2.24) is 10.6 Å². The zero-order chi connectivity index (χ0) is 13.6. The predicted octanol–water partition coefficient (Wildman–Crippen LogP) is 2.63. The maximum absolute atomic E-state index is 11.5. The summed E-state index contributed by atoms with van der Waals surface area (Å²) in [5.74, 6) is 0.0873. The van der Waals surface area contributed by atoms with Crippen LogP contribution in [0.2, 0.25) is 0 Å². The van der Waals surface area contributed by atoms with Gasteiger partial charge in [0.2, 0.25) is 5.91 Å². The molecule has 0 aromatic heterocycles. The van der Waals surface area contributed by atoms with E-state index >= 15 is 0 Å². The Hall–Kier alpha value is -1.06. The number of benzene rings is 1. The molecule has 1 amide bonds. The zero-order valence-electron chi connectivity index (χ0n) is 12.2. The predicted molar refractivity (Wildman–Crippen MR) is 82.8 cm³/mol. The second-order valence-corrected chi connectivity index (χ2v) is 5.58. The number of hydrogen-bond donors (Lipinski definition) is 2.